The molecule has 9 heteroatoms. The number of methoxy groups -OCH3 is 3. The van der Waals surface area contributed by atoms with E-state index in [4.69, 9.17) is 28.4 Å². The van der Waals surface area contributed by atoms with E-state index in [0.29, 0.717) is 31.5 Å². The van der Waals surface area contributed by atoms with Crippen molar-refractivity contribution in [2.75, 3.05) is 54.4 Å². The van der Waals surface area contributed by atoms with Crippen LogP contribution in [0.25, 0.3) is 0 Å². The third-order valence-corrected chi connectivity index (χ3v) is 12.7. The smallest absolute Gasteiger partial charge is 0.158 e. The average Bonchev–Trinajstić information content (AvgIpc) is 3.33. The van der Waals surface area contributed by atoms with Crippen molar-refractivity contribution in [3.63, 3.8) is 0 Å². The van der Waals surface area contributed by atoms with Crippen LogP contribution in [0.3, 0.4) is 0 Å². The molecule has 67 heavy (non-hydrogen) atoms. The Morgan fingerprint density at radius 2 is 0.746 bits per heavy atom. The van der Waals surface area contributed by atoms with E-state index in [1.807, 2.05) is 14.2 Å². The molecule has 0 saturated heterocycles. The second kappa shape index (κ2) is 51.8. The molecule has 9 nitrogen and oxygen atoms in total. The zero-order valence-electron chi connectivity index (χ0n) is 44.5. The molecule has 392 valence electrons. The number of allylic oxidation sites excluding steroid dienone is 3. The Balaban J connectivity index is 4.50. The molecule has 0 rings (SSSR count). The summed E-state index contributed by atoms with van der Waals surface area (Å²) in [6.07, 6.45) is 50.2. The molecule has 0 aromatic rings. The number of unbranched alkanes of at least 4 members (excludes halogenated alkanes) is 21. The van der Waals surface area contributed by atoms with Gasteiger partial charge in [-0.25, -0.2) is 0 Å². The third-order valence-electron chi connectivity index (χ3n) is 12.7. The summed E-state index contributed by atoms with van der Waals surface area (Å²) >= 11 is 0. The van der Waals surface area contributed by atoms with Gasteiger partial charge in [-0.15, -0.1) is 0 Å². The van der Waals surface area contributed by atoms with Crippen molar-refractivity contribution in [1.82, 2.24) is 0 Å². The second-order valence-electron chi connectivity index (χ2n) is 19.1. The fourth-order valence-electron chi connectivity index (χ4n) is 8.02. The minimum Gasteiger partial charge on any atom is -0.381 e. The van der Waals surface area contributed by atoms with E-state index in [1.54, 1.807) is 7.11 Å². The van der Waals surface area contributed by atoms with Gasteiger partial charge < -0.3 is 28.4 Å². The summed E-state index contributed by atoms with van der Waals surface area (Å²) in [6, 6.07) is 0. The van der Waals surface area contributed by atoms with Crippen LogP contribution >= 0.6 is 0 Å². The standard InChI is InChI=1S/C58H106O9/c1-7-9-11-35-43-56(63-5)45-37-29-23-17-15-21-27-33-41-54(60)48-66-51-58(50-65-47-53(59)40-32-26-20-14-13-19-25-31-39-52(3)62-4)67-49-55(61)42-34-28-22-16-18-24-30-38-46-57(64-6)44-36-12-10-8-2/h25,29-31,37-38,52,56-58H,7-24,26-28,32-36,39-51H2,1-6H3/b31-25-,37-29-,38-30-. The summed E-state index contributed by atoms with van der Waals surface area (Å²) in [6.45, 7) is 6.87. The van der Waals surface area contributed by atoms with Crippen LogP contribution in [0.2, 0.25) is 0 Å². The van der Waals surface area contributed by atoms with Crippen LogP contribution in [0.4, 0.5) is 0 Å². The first-order valence-corrected chi connectivity index (χ1v) is 27.6. The Labute approximate surface area is 413 Å². The Morgan fingerprint density at radius 3 is 1.13 bits per heavy atom. The van der Waals surface area contributed by atoms with E-state index in [9.17, 15) is 14.4 Å². The molecule has 0 aromatic carbocycles. The quantitative estimate of drug-likeness (QED) is 0.0435. The Morgan fingerprint density at radius 1 is 0.388 bits per heavy atom. The molecular weight excluding hydrogens is 841 g/mol. The predicted octanol–water partition coefficient (Wildman–Crippen LogP) is 15.1. The molecule has 0 bridgehead atoms. The van der Waals surface area contributed by atoms with Crippen LogP contribution in [0.1, 0.15) is 239 Å². The van der Waals surface area contributed by atoms with Crippen LogP contribution in [-0.2, 0) is 42.8 Å². The molecule has 0 spiro atoms. The van der Waals surface area contributed by atoms with Gasteiger partial charge in [0.2, 0.25) is 0 Å². The third kappa shape index (κ3) is 47.4. The molecule has 4 atom stereocenters. The number of carbonyl (C=O) groups excluding carboxylic acids is 3. The number of ether oxygens (including phenoxy) is 6. The maximum Gasteiger partial charge on any atom is 0.158 e. The van der Waals surface area contributed by atoms with Gasteiger partial charge in [-0.3, -0.25) is 14.4 Å². The first-order valence-electron chi connectivity index (χ1n) is 27.6. The zero-order chi connectivity index (χ0) is 49.1. The molecule has 0 aliphatic heterocycles. The van der Waals surface area contributed by atoms with Gasteiger partial charge >= 0.3 is 0 Å². The van der Waals surface area contributed by atoms with E-state index < -0.39 is 6.10 Å². The topological polar surface area (TPSA) is 107 Å². The molecule has 0 aromatic heterocycles. The maximum absolute atomic E-state index is 12.8. The summed E-state index contributed by atoms with van der Waals surface area (Å²) in [5.74, 6) is 0.210. The van der Waals surface area contributed by atoms with Gasteiger partial charge in [0.1, 0.15) is 25.9 Å². The van der Waals surface area contributed by atoms with E-state index in [0.717, 1.165) is 135 Å². The second-order valence-corrected chi connectivity index (χ2v) is 19.1. The highest BCUT2D eigenvalue weighted by Crippen LogP contribution is 2.15. The monoisotopic (exact) mass is 947 g/mol. The van der Waals surface area contributed by atoms with Gasteiger partial charge in [-0.1, -0.05) is 159 Å². The largest absolute Gasteiger partial charge is 0.381 e. The lowest BCUT2D eigenvalue weighted by molar-refractivity contribution is -0.135. The zero-order valence-corrected chi connectivity index (χ0v) is 44.5. The van der Waals surface area contributed by atoms with Crippen LogP contribution in [-0.4, -0.2) is 96.1 Å². The highest BCUT2D eigenvalue weighted by Gasteiger charge is 2.15. The van der Waals surface area contributed by atoms with Crippen molar-refractivity contribution in [3.05, 3.63) is 36.5 Å². The molecule has 0 radical (unpaired) electrons. The van der Waals surface area contributed by atoms with E-state index in [2.05, 4.69) is 57.2 Å². The van der Waals surface area contributed by atoms with E-state index >= 15 is 0 Å². The molecular formula is C58H106O9. The van der Waals surface area contributed by atoms with Gasteiger partial charge in [0.25, 0.3) is 0 Å². The van der Waals surface area contributed by atoms with Crippen molar-refractivity contribution in [1.29, 1.82) is 0 Å². The molecule has 0 N–H and O–H groups in total. The van der Waals surface area contributed by atoms with Gasteiger partial charge in [-0.2, -0.15) is 0 Å². The lowest BCUT2D eigenvalue weighted by atomic mass is 10.1. The fraction of sp³-hybridized carbons (Fsp3) is 0.845. The van der Waals surface area contributed by atoms with E-state index in [-0.39, 0.29) is 56.5 Å². The van der Waals surface area contributed by atoms with Gasteiger partial charge in [0.15, 0.2) is 17.3 Å². The minimum absolute atomic E-state index is 0.0176. The van der Waals surface area contributed by atoms with Gasteiger partial charge in [0, 0.05) is 40.6 Å². The summed E-state index contributed by atoms with van der Waals surface area (Å²) in [4.78, 5) is 38.0. The number of ketones is 3. The van der Waals surface area contributed by atoms with E-state index in [1.165, 1.54) is 64.2 Å². The SMILES string of the molecule is CCCCCCC(C/C=C\CCCCCCCC(=O)COCC(COCC(=O)CCCCCCC/C=C\CC(C)OC)OCC(=O)CCCCCCC/C=C\CC(CCCCCC)OC)OC. The number of Topliss-reactive ketones (excluding diaryl/α,β-unsaturated/α-hetero) is 3. The Kier molecular flexibility index (Phi) is 50.3. The summed E-state index contributed by atoms with van der Waals surface area (Å²) in [5, 5.41) is 0. The van der Waals surface area contributed by atoms with Crippen LogP contribution in [0.5, 0.6) is 0 Å². The maximum atomic E-state index is 12.8. The van der Waals surface area contributed by atoms with Crippen molar-refractivity contribution in [2.45, 2.75) is 263 Å². The molecule has 0 aliphatic carbocycles. The molecule has 0 aliphatic rings. The number of carbonyl (C=O) groups is 3. The first-order chi connectivity index (χ1) is 32.8. The molecule has 0 heterocycles. The highest BCUT2D eigenvalue weighted by atomic mass is 16.6. The molecule has 0 amide bonds. The Hall–Kier alpha value is -2.01. The Bertz CT molecular complexity index is 1180. The highest BCUT2D eigenvalue weighted by molar-refractivity contribution is 5.80. The summed E-state index contributed by atoms with van der Waals surface area (Å²) in [5.41, 5.74) is 0. The van der Waals surface area contributed by atoms with Crippen LogP contribution < -0.4 is 0 Å². The van der Waals surface area contributed by atoms with Gasteiger partial charge in [0.05, 0.1) is 31.5 Å². The molecule has 0 saturated carbocycles. The average molecular weight is 947 g/mol. The molecule has 4 unspecified atom stereocenters. The lowest BCUT2D eigenvalue weighted by Crippen LogP contribution is -2.30. The normalized spacial score (nSPS) is 13.9. The van der Waals surface area contributed by atoms with Crippen LogP contribution in [0.15, 0.2) is 36.5 Å². The van der Waals surface area contributed by atoms with Gasteiger partial charge in [-0.05, 0) is 96.8 Å². The van der Waals surface area contributed by atoms with Crippen LogP contribution in [0, 0.1) is 0 Å². The fourth-order valence-corrected chi connectivity index (χ4v) is 8.02. The van der Waals surface area contributed by atoms with Crippen molar-refractivity contribution < 1.29 is 42.8 Å². The lowest BCUT2D eigenvalue weighted by Gasteiger charge is -2.18. The first kappa shape index (κ1) is 65.0. The van der Waals surface area contributed by atoms with Crippen molar-refractivity contribution in [2.24, 2.45) is 0 Å². The number of hydrogen-bond acceptors (Lipinski definition) is 9. The summed E-state index contributed by atoms with van der Waals surface area (Å²) in [7, 11) is 5.39. The number of hydrogen-bond donors (Lipinski definition) is 0. The molecule has 0 fully saturated rings. The predicted molar refractivity (Wildman–Crippen MR) is 280 cm³/mol. The minimum atomic E-state index is -0.523. The summed E-state index contributed by atoms with van der Waals surface area (Å²) < 4.78 is 34.1. The van der Waals surface area contributed by atoms with Crippen molar-refractivity contribution in [3.8, 4) is 0 Å². The van der Waals surface area contributed by atoms with Crippen molar-refractivity contribution >= 4 is 17.3 Å². The number of rotatable bonds is 54.